The number of aryl methyl sites for hydroxylation is 2. The molecule has 22 heavy (non-hydrogen) atoms. The Morgan fingerprint density at radius 2 is 2.00 bits per heavy atom. The quantitative estimate of drug-likeness (QED) is 0.815. The van der Waals surface area contributed by atoms with Crippen LogP contribution >= 0.6 is 0 Å². The first-order valence-corrected chi connectivity index (χ1v) is 8.07. The molecule has 1 atom stereocenters. The lowest BCUT2D eigenvalue weighted by molar-refractivity contribution is -0.138. The van der Waals surface area contributed by atoms with E-state index >= 15 is 0 Å². The monoisotopic (exact) mass is 323 g/mol. The fourth-order valence-corrected chi connectivity index (χ4v) is 3.31. The maximum Gasteiger partial charge on any atom is 0.322 e. The number of aliphatic carboxylic acids is 1. The van der Waals surface area contributed by atoms with Crippen molar-refractivity contribution in [1.82, 2.24) is 14.5 Å². The summed E-state index contributed by atoms with van der Waals surface area (Å²) < 4.78 is 28.3. The Bertz CT molecular complexity index is 769. The molecule has 0 amide bonds. The second-order valence-electron chi connectivity index (χ2n) is 4.94. The lowest BCUT2D eigenvalue weighted by atomic mass is 10.1. The van der Waals surface area contributed by atoms with Gasteiger partial charge in [-0.25, -0.2) is 8.42 Å². The minimum atomic E-state index is -3.89. The standard InChI is InChI=1S/C14H17N3O4S/c1-10-11(9-17(2)15-10)8-13(14(18)19)16-22(20,21)12-6-4-3-5-7-12/h3-7,9,13,16H,8H2,1-2H3,(H,18,19). The number of sulfonamides is 1. The highest BCUT2D eigenvalue weighted by Gasteiger charge is 2.26. The summed E-state index contributed by atoms with van der Waals surface area (Å²) in [5.41, 5.74) is 1.36. The van der Waals surface area contributed by atoms with Crippen LogP contribution in [0.25, 0.3) is 0 Å². The molecular weight excluding hydrogens is 306 g/mol. The second-order valence-corrected chi connectivity index (χ2v) is 6.66. The molecule has 1 aromatic carbocycles. The summed E-state index contributed by atoms with van der Waals surface area (Å²) in [6.45, 7) is 1.75. The second kappa shape index (κ2) is 6.29. The van der Waals surface area contributed by atoms with Crippen LogP contribution in [-0.2, 0) is 28.3 Å². The largest absolute Gasteiger partial charge is 0.480 e. The van der Waals surface area contributed by atoms with Gasteiger partial charge in [-0.2, -0.15) is 9.82 Å². The van der Waals surface area contributed by atoms with E-state index in [0.29, 0.717) is 11.3 Å². The van der Waals surface area contributed by atoms with Crippen molar-refractivity contribution < 1.29 is 18.3 Å². The van der Waals surface area contributed by atoms with E-state index in [1.54, 1.807) is 43.0 Å². The Labute approximate surface area is 128 Å². The molecule has 2 rings (SSSR count). The van der Waals surface area contributed by atoms with E-state index in [1.165, 1.54) is 12.1 Å². The van der Waals surface area contributed by atoms with Crippen molar-refractivity contribution in [2.24, 2.45) is 7.05 Å². The van der Waals surface area contributed by atoms with Gasteiger partial charge < -0.3 is 5.11 Å². The zero-order valence-electron chi connectivity index (χ0n) is 12.2. The predicted octanol–water partition coefficient (Wildman–Crippen LogP) is 0.703. The number of benzene rings is 1. The number of hydrogen-bond donors (Lipinski definition) is 2. The van der Waals surface area contributed by atoms with Crippen LogP contribution in [0.2, 0.25) is 0 Å². The third-order valence-electron chi connectivity index (χ3n) is 3.19. The van der Waals surface area contributed by atoms with Crippen LogP contribution in [0, 0.1) is 6.92 Å². The molecule has 0 saturated heterocycles. The molecule has 0 aliphatic heterocycles. The molecule has 0 spiro atoms. The first kappa shape index (κ1) is 16.2. The number of rotatable bonds is 6. The first-order valence-electron chi connectivity index (χ1n) is 6.59. The molecule has 0 radical (unpaired) electrons. The van der Waals surface area contributed by atoms with E-state index in [9.17, 15) is 18.3 Å². The zero-order valence-corrected chi connectivity index (χ0v) is 13.0. The van der Waals surface area contributed by atoms with Crippen molar-refractivity contribution in [2.75, 3.05) is 0 Å². The summed E-state index contributed by atoms with van der Waals surface area (Å²) in [5, 5.41) is 13.4. The van der Waals surface area contributed by atoms with Crippen molar-refractivity contribution in [2.45, 2.75) is 24.3 Å². The maximum absolute atomic E-state index is 12.2. The number of carboxylic acids is 1. The van der Waals surface area contributed by atoms with Gasteiger partial charge in [-0.3, -0.25) is 9.48 Å². The van der Waals surface area contributed by atoms with Gasteiger partial charge in [0.25, 0.3) is 0 Å². The van der Waals surface area contributed by atoms with Gasteiger partial charge in [0.05, 0.1) is 10.6 Å². The molecule has 118 valence electrons. The van der Waals surface area contributed by atoms with Crippen molar-refractivity contribution in [3.05, 3.63) is 47.8 Å². The molecule has 0 aliphatic rings. The van der Waals surface area contributed by atoms with E-state index < -0.39 is 22.0 Å². The molecule has 1 aromatic heterocycles. The van der Waals surface area contributed by atoms with E-state index in [1.807, 2.05) is 0 Å². The molecule has 0 fully saturated rings. The summed E-state index contributed by atoms with van der Waals surface area (Å²) in [7, 11) is -2.17. The average Bonchev–Trinajstić information content (AvgIpc) is 2.77. The van der Waals surface area contributed by atoms with Crippen molar-refractivity contribution in [1.29, 1.82) is 0 Å². The summed E-state index contributed by atoms with van der Waals surface area (Å²) in [5.74, 6) is -1.23. The number of nitrogens with one attached hydrogen (secondary N) is 1. The third kappa shape index (κ3) is 3.71. The summed E-state index contributed by atoms with van der Waals surface area (Å²) in [6.07, 6.45) is 1.71. The fourth-order valence-electron chi connectivity index (χ4n) is 2.10. The SMILES string of the molecule is Cc1nn(C)cc1CC(NS(=O)(=O)c1ccccc1)C(=O)O. The minimum Gasteiger partial charge on any atom is -0.480 e. The minimum absolute atomic E-state index is 0.0288. The number of carboxylic acid groups (broad SMARTS) is 1. The Hall–Kier alpha value is -2.19. The van der Waals surface area contributed by atoms with Crippen LogP contribution in [0.1, 0.15) is 11.3 Å². The van der Waals surface area contributed by atoms with E-state index in [2.05, 4.69) is 9.82 Å². The maximum atomic E-state index is 12.2. The summed E-state index contributed by atoms with van der Waals surface area (Å²) >= 11 is 0. The number of aromatic nitrogens is 2. The summed E-state index contributed by atoms with van der Waals surface area (Å²) in [4.78, 5) is 11.4. The molecule has 2 aromatic rings. The Balaban J connectivity index is 2.23. The van der Waals surface area contributed by atoms with Gasteiger partial charge in [-0.15, -0.1) is 0 Å². The van der Waals surface area contributed by atoms with Crippen molar-refractivity contribution in [3.8, 4) is 0 Å². The topological polar surface area (TPSA) is 101 Å². The van der Waals surface area contributed by atoms with E-state index in [4.69, 9.17) is 0 Å². The smallest absolute Gasteiger partial charge is 0.322 e. The van der Waals surface area contributed by atoms with Crippen LogP contribution in [-0.4, -0.2) is 35.3 Å². The van der Waals surface area contributed by atoms with Gasteiger partial charge in [-0.1, -0.05) is 18.2 Å². The molecule has 1 heterocycles. The van der Waals surface area contributed by atoms with Crippen LogP contribution < -0.4 is 4.72 Å². The van der Waals surface area contributed by atoms with Gasteiger partial charge >= 0.3 is 5.97 Å². The lowest BCUT2D eigenvalue weighted by Crippen LogP contribution is -2.42. The lowest BCUT2D eigenvalue weighted by Gasteiger charge is -2.14. The molecular formula is C14H17N3O4S. The molecule has 1 unspecified atom stereocenters. The fraction of sp³-hybridized carbons (Fsp3) is 0.286. The van der Waals surface area contributed by atoms with Crippen LogP contribution in [0.15, 0.2) is 41.4 Å². The number of carbonyl (C=O) groups is 1. The normalized spacial score (nSPS) is 13.0. The average molecular weight is 323 g/mol. The van der Waals surface area contributed by atoms with Gasteiger partial charge in [0.1, 0.15) is 6.04 Å². The zero-order chi connectivity index (χ0) is 16.3. The van der Waals surface area contributed by atoms with E-state index in [-0.39, 0.29) is 11.3 Å². The van der Waals surface area contributed by atoms with Crippen LogP contribution in [0.4, 0.5) is 0 Å². The Kier molecular flexibility index (Phi) is 4.62. The highest BCUT2D eigenvalue weighted by Crippen LogP contribution is 2.12. The molecule has 0 aliphatic carbocycles. The highest BCUT2D eigenvalue weighted by molar-refractivity contribution is 7.89. The van der Waals surface area contributed by atoms with Crippen molar-refractivity contribution in [3.63, 3.8) is 0 Å². The summed E-state index contributed by atoms with van der Waals surface area (Å²) in [6, 6.07) is 6.42. The van der Waals surface area contributed by atoms with Gasteiger partial charge in [0.15, 0.2) is 0 Å². The molecule has 2 N–H and O–H groups in total. The molecule has 7 nitrogen and oxygen atoms in total. The number of hydrogen-bond acceptors (Lipinski definition) is 4. The first-order chi connectivity index (χ1) is 10.3. The third-order valence-corrected chi connectivity index (χ3v) is 4.68. The van der Waals surface area contributed by atoms with Crippen LogP contribution in [0.5, 0.6) is 0 Å². The molecule has 8 heteroatoms. The van der Waals surface area contributed by atoms with Gasteiger partial charge in [-0.05, 0) is 24.6 Å². The van der Waals surface area contributed by atoms with Gasteiger partial charge in [0.2, 0.25) is 10.0 Å². The Morgan fingerprint density at radius 1 is 1.36 bits per heavy atom. The Morgan fingerprint density at radius 3 is 2.50 bits per heavy atom. The van der Waals surface area contributed by atoms with Gasteiger partial charge in [0, 0.05) is 19.7 Å². The highest BCUT2D eigenvalue weighted by atomic mass is 32.2. The molecule has 0 bridgehead atoms. The van der Waals surface area contributed by atoms with Crippen LogP contribution in [0.3, 0.4) is 0 Å². The van der Waals surface area contributed by atoms with Crippen molar-refractivity contribution >= 4 is 16.0 Å². The number of nitrogens with zero attached hydrogens (tertiary/aromatic N) is 2. The predicted molar refractivity (Wildman–Crippen MR) is 79.8 cm³/mol. The van der Waals surface area contributed by atoms with E-state index in [0.717, 1.165) is 0 Å². The molecule has 0 saturated carbocycles.